The third-order valence-electron chi connectivity index (χ3n) is 5.31. The van der Waals surface area contributed by atoms with Gasteiger partial charge in [-0.3, -0.25) is 14.9 Å². The monoisotopic (exact) mass is 426 g/mol. The van der Waals surface area contributed by atoms with E-state index >= 15 is 0 Å². The van der Waals surface area contributed by atoms with Crippen molar-refractivity contribution in [2.24, 2.45) is 0 Å². The number of benzene rings is 2. The number of carbonyl (C=O) groups is 2. The number of nitro benzene ring substituents is 1. The fourth-order valence-electron chi connectivity index (χ4n) is 3.72. The summed E-state index contributed by atoms with van der Waals surface area (Å²) in [5, 5.41) is 11.2. The van der Waals surface area contributed by atoms with Gasteiger partial charge in [0.15, 0.2) is 23.9 Å². The molecule has 1 saturated heterocycles. The maximum absolute atomic E-state index is 12.8. The molecule has 0 amide bonds. The highest BCUT2D eigenvalue weighted by Crippen LogP contribution is 2.31. The molecule has 9 heteroatoms. The Hall–Kier alpha value is -3.62. The molecule has 0 atom stereocenters. The van der Waals surface area contributed by atoms with Gasteiger partial charge in [0.2, 0.25) is 0 Å². The second kappa shape index (κ2) is 9.03. The molecule has 2 aliphatic heterocycles. The van der Waals surface area contributed by atoms with Crippen molar-refractivity contribution >= 4 is 23.1 Å². The molecule has 0 spiro atoms. The Bertz CT molecular complexity index is 1010. The third kappa shape index (κ3) is 4.60. The molecule has 2 aromatic rings. The number of esters is 1. The summed E-state index contributed by atoms with van der Waals surface area (Å²) in [6, 6.07) is 8.93. The summed E-state index contributed by atoms with van der Waals surface area (Å²) in [5.74, 6) is -0.150. The van der Waals surface area contributed by atoms with Crippen LogP contribution in [-0.4, -0.2) is 49.6 Å². The highest BCUT2D eigenvalue weighted by atomic mass is 16.6. The Morgan fingerprint density at radius 2 is 1.74 bits per heavy atom. The Kier molecular flexibility index (Phi) is 6.01. The summed E-state index contributed by atoms with van der Waals surface area (Å²) >= 11 is 0. The minimum Gasteiger partial charge on any atom is -0.486 e. The number of carbonyl (C=O) groups excluding carboxylic acids is 2. The number of nitrogens with zero attached hydrogens (tertiary/aromatic N) is 2. The van der Waals surface area contributed by atoms with Crippen molar-refractivity contribution < 1.29 is 28.7 Å². The van der Waals surface area contributed by atoms with Gasteiger partial charge < -0.3 is 19.1 Å². The normalized spacial score (nSPS) is 15.3. The van der Waals surface area contributed by atoms with Crippen molar-refractivity contribution in [1.29, 1.82) is 0 Å². The zero-order valence-corrected chi connectivity index (χ0v) is 16.9. The summed E-state index contributed by atoms with van der Waals surface area (Å²) in [5.41, 5.74) is 0.798. The number of hydrogen-bond donors (Lipinski definition) is 0. The van der Waals surface area contributed by atoms with Gasteiger partial charge in [0.05, 0.1) is 16.2 Å². The fraction of sp³-hybridized carbons (Fsp3) is 0.364. The molecule has 31 heavy (non-hydrogen) atoms. The van der Waals surface area contributed by atoms with Crippen molar-refractivity contribution in [2.75, 3.05) is 37.8 Å². The molecule has 0 unspecified atom stereocenters. The van der Waals surface area contributed by atoms with Gasteiger partial charge in [-0.1, -0.05) is 0 Å². The molecular formula is C22H22N2O7. The second-order valence-electron chi connectivity index (χ2n) is 7.36. The molecule has 2 aromatic carbocycles. The first-order chi connectivity index (χ1) is 15.0. The molecule has 0 aliphatic carbocycles. The van der Waals surface area contributed by atoms with Gasteiger partial charge >= 0.3 is 5.97 Å². The lowest BCUT2D eigenvalue weighted by atomic mass is 10.1. The van der Waals surface area contributed by atoms with Crippen LogP contribution < -0.4 is 14.4 Å². The largest absolute Gasteiger partial charge is 0.486 e. The van der Waals surface area contributed by atoms with E-state index in [-0.39, 0.29) is 11.3 Å². The summed E-state index contributed by atoms with van der Waals surface area (Å²) in [7, 11) is 0. The van der Waals surface area contributed by atoms with Gasteiger partial charge in [-0.05, 0) is 43.5 Å². The van der Waals surface area contributed by atoms with E-state index in [9.17, 15) is 19.7 Å². The number of nitro groups is 1. The Morgan fingerprint density at radius 1 is 1.00 bits per heavy atom. The van der Waals surface area contributed by atoms with Crippen LogP contribution in [0.4, 0.5) is 11.4 Å². The molecule has 0 N–H and O–H groups in total. The molecular weight excluding hydrogens is 404 g/mol. The highest BCUT2D eigenvalue weighted by molar-refractivity contribution is 6.01. The van der Waals surface area contributed by atoms with Gasteiger partial charge in [0.1, 0.15) is 13.2 Å². The number of rotatable bonds is 6. The Balaban J connectivity index is 1.50. The van der Waals surface area contributed by atoms with E-state index < -0.39 is 23.3 Å². The number of anilines is 1. The number of Topliss-reactive ketones (excluding diaryl/α,β-unsaturated/α-hetero) is 1. The molecule has 1 fully saturated rings. The van der Waals surface area contributed by atoms with Crippen LogP contribution in [0, 0.1) is 10.1 Å². The van der Waals surface area contributed by atoms with E-state index in [1.54, 1.807) is 24.3 Å². The number of ketones is 1. The first kappa shape index (κ1) is 20.6. The number of ether oxygens (including phenoxy) is 3. The highest BCUT2D eigenvalue weighted by Gasteiger charge is 2.24. The first-order valence-electron chi connectivity index (χ1n) is 10.2. The fourth-order valence-corrected chi connectivity index (χ4v) is 3.72. The van der Waals surface area contributed by atoms with Crippen LogP contribution >= 0.6 is 0 Å². The van der Waals surface area contributed by atoms with Gasteiger partial charge in [-0.15, -0.1) is 0 Å². The molecule has 2 heterocycles. The zero-order valence-electron chi connectivity index (χ0n) is 16.9. The molecule has 2 aliphatic rings. The van der Waals surface area contributed by atoms with E-state index in [2.05, 4.69) is 0 Å². The van der Waals surface area contributed by atoms with E-state index in [4.69, 9.17) is 14.2 Å². The molecule has 9 nitrogen and oxygen atoms in total. The van der Waals surface area contributed by atoms with Crippen LogP contribution in [0.2, 0.25) is 0 Å². The Labute approximate surface area is 178 Å². The van der Waals surface area contributed by atoms with E-state index in [1.807, 2.05) is 4.90 Å². The van der Waals surface area contributed by atoms with Gasteiger partial charge in [0, 0.05) is 30.8 Å². The summed E-state index contributed by atoms with van der Waals surface area (Å²) in [6.07, 6.45) is 3.06. The Morgan fingerprint density at radius 3 is 2.48 bits per heavy atom. The lowest BCUT2D eigenvalue weighted by Gasteiger charge is -2.30. The van der Waals surface area contributed by atoms with E-state index in [1.165, 1.54) is 12.1 Å². The second-order valence-corrected chi connectivity index (χ2v) is 7.36. The maximum Gasteiger partial charge on any atom is 0.340 e. The van der Waals surface area contributed by atoms with Crippen LogP contribution in [-0.2, 0) is 4.74 Å². The standard InChI is InChI=1S/C22H22N2O7/c25-19(15-4-7-20-21(12-15)30-11-10-29-20)14-31-22(26)17-13-16(24(27)28)5-6-18(17)23-8-2-1-3-9-23/h4-7,12-13H,1-3,8-11,14H2. The predicted octanol–water partition coefficient (Wildman–Crippen LogP) is 3.40. The SMILES string of the molecule is O=C(COC(=O)c1cc([N+](=O)[O-])ccc1N1CCCCC1)c1ccc2c(c1)OCCO2. The topological polar surface area (TPSA) is 108 Å². The number of hydrogen-bond acceptors (Lipinski definition) is 8. The van der Waals surface area contributed by atoms with E-state index in [0.29, 0.717) is 36.0 Å². The number of piperidine rings is 1. The number of non-ortho nitro benzene ring substituents is 1. The van der Waals surface area contributed by atoms with Crippen molar-refractivity contribution in [3.63, 3.8) is 0 Å². The molecule has 0 saturated carbocycles. The van der Waals surface area contributed by atoms with Crippen LogP contribution in [0.1, 0.15) is 40.0 Å². The van der Waals surface area contributed by atoms with Crippen molar-refractivity contribution in [1.82, 2.24) is 0 Å². The lowest BCUT2D eigenvalue weighted by Crippen LogP contribution is -2.31. The first-order valence-corrected chi connectivity index (χ1v) is 10.2. The van der Waals surface area contributed by atoms with Crippen LogP contribution in [0.25, 0.3) is 0 Å². The van der Waals surface area contributed by atoms with E-state index in [0.717, 1.165) is 32.4 Å². The quantitative estimate of drug-likeness (QED) is 0.299. The summed E-state index contributed by atoms with van der Waals surface area (Å²) in [4.78, 5) is 38.0. The predicted molar refractivity (Wildman–Crippen MR) is 111 cm³/mol. The van der Waals surface area contributed by atoms with Crippen LogP contribution in [0.15, 0.2) is 36.4 Å². The van der Waals surface area contributed by atoms with Crippen LogP contribution in [0.3, 0.4) is 0 Å². The average Bonchev–Trinajstić information content (AvgIpc) is 2.82. The van der Waals surface area contributed by atoms with Gasteiger partial charge in [-0.25, -0.2) is 4.79 Å². The van der Waals surface area contributed by atoms with Crippen molar-refractivity contribution in [2.45, 2.75) is 19.3 Å². The zero-order chi connectivity index (χ0) is 21.8. The molecule has 162 valence electrons. The average molecular weight is 426 g/mol. The molecule has 0 aromatic heterocycles. The number of fused-ring (bicyclic) bond motifs is 1. The smallest absolute Gasteiger partial charge is 0.340 e. The maximum atomic E-state index is 12.8. The lowest BCUT2D eigenvalue weighted by molar-refractivity contribution is -0.384. The van der Waals surface area contributed by atoms with Crippen LogP contribution in [0.5, 0.6) is 11.5 Å². The minimum atomic E-state index is -0.768. The summed E-state index contributed by atoms with van der Waals surface area (Å²) in [6.45, 7) is 1.87. The molecule has 0 radical (unpaired) electrons. The van der Waals surface area contributed by atoms with Gasteiger partial charge in [0.25, 0.3) is 5.69 Å². The van der Waals surface area contributed by atoms with Gasteiger partial charge in [-0.2, -0.15) is 0 Å². The summed E-state index contributed by atoms with van der Waals surface area (Å²) < 4.78 is 16.2. The molecule has 0 bridgehead atoms. The van der Waals surface area contributed by atoms with Crippen molar-refractivity contribution in [3.05, 3.63) is 57.6 Å². The third-order valence-corrected chi connectivity index (χ3v) is 5.31. The minimum absolute atomic E-state index is 0.0890. The van der Waals surface area contributed by atoms with Crippen molar-refractivity contribution in [3.8, 4) is 11.5 Å². The molecule has 4 rings (SSSR count).